The number of hydrogen-bond donors (Lipinski definition) is 1. The molecular formula is C22H28N6O2. The number of methoxy groups -OCH3 is 1. The molecule has 0 amide bonds. The van der Waals surface area contributed by atoms with E-state index in [1.165, 1.54) is 25.9 Å². The van der Waals surface area contributed by atoms with Crippen LogP contribution in [-0.2, 0) is 0 Å². The maximum atomic E-state index is 5.36. The number of hydrogen-bond acceptors (Lipinski definition) is 8. The first-order valence-electron chi connectivity index (χ1n) is 10.5. The van der Waals surface area contributed by atoms with Gasteiger partial charge in [-0.25, -0.2) is 0 Å². The topological polar surface area (TPSA) is 89.2 Å². The third-order valence-corrected chi connectivity index (χ3v) is 5.36. The van der Waals surface area contributed by atoms with Crippen LogP contribution in [0.2, 0.25) is 0 Å². The third-order valence-electron chi connectivity index (χ3n) is 5.36. The molecule has 0 spiro atoms. The predicted octanol–water partition coefficient (Wildman–Crippen LogP) is 3.74. The molecule has 1 aliphatic rings. The van der Waals surface area contributed by atoms with Gasteiger partial charge in [-0.05, 0) is 74.7 Å². The van der Waals surface area contributed by atoms with Gasteiger partial charge in [0.25, 0.3) is 5.89 Å². The average Bonchev–Trinajstić information content (AvgIpc) is 3.28. The van der Waals surface area contributed by atoms with Crippen LogP contribution in [-0.4, -0.2) is 58.5 Å². The number of piperidine rings is 1. The Hall–Kier alpha value is -3.00. The highest BCUT2D eigenvalue weighted by Gasteiger charge is 2.15. The van der Waals surface area contributed by atoms with E-state index in [0.717, 1.165) is 42.6 Å². The van der Waals surface area contributed by atoms with E-state index in [-0.39, 0.29) is 0 Å². The monoisotopic (exact) mass is 408 g/mol. The van der Waals surface area contributed by atoms with Crippen LogP contribution in [0.5, 0.6) is 5.75 Å². The van der Waals surface area contributed by atoms with Gasteiger partial charge >= 0.3 is 0 Å². The van der Waals surface area contributed by atoms with Crippen molar-refractivity contribution in [2.45, 2.75) is 26.2 Å². The molecule has 1 N–H and O–H groups in total. The van der Waals surface area contributed by atoms with Gasteiger partial charge < -0.3 is 19.5 Å². The lowest BCUT2D eigenvalue weighted by molar-refractivity contribution is 0.183. The number of ether oxygens (including phenoxy) is 1. The Kier molecular flexibility index (Phi) is 6.53. The zero-order chi connectivity index (χ0) is 20.8. The van der Waals surface area contributed by atoms with Crippen molar-refractivity contribution in [2.75, 3.05) is 38.6 Å². The van der Waals surface area contributed by atoms with E-state index < -0.39 is 0 Å². The quantitative estimate of drug-likeness (QED) is 0.564. The fraction of sp³-hybridized carbons (Fsp3) is 0.455. The number of benzene rings is 1. The molecule has 158 valence electrons. The Labute approximate surface area is 176 Å². The van der Waals surface area contributed by atoms with Crippen LogP contribution >= 0.6 is 0 Å². The minimum Gasteiger partial charge on any atom is -0.497 e. The second-order valence-corrected chi connectivity index (χ2v) is 7.78. The molecule has 0 radical (unpaired) electrons. The van der Waals surface area contributed by atoms with Gasteiger partial charge in [0, 0.05) is 18.7 Å². The van der Waals surface area contributed by atoms with Gasteiger partial charge in [0.15, 0.2) is 5.69 Å². The lowest BCUT2D eigenvalue weighted by Crippen LogP contribution is -2.35. The fourth-order valence-electron chi connectivity index (χ4n) is 3.73. The maximum Gasteiger partial charge on any atom is 0.278 e. The van der Waals surface area contributed by atoms with Gasteiger partial charge in [0.2, 0.25) is 5.82 Å². The van der Waals surface area contributed by atoms with Gasteiger partial charge in [-0.1, -0.05) is 12.1 Å². The van der Waals surface area contributed by atoms with Crippen LogP contribution < -0.4 is 10.1 Å². The molecule has 0 unspecified atom stereocenters. The summed E-state index contributed by atoms with van der Waals surface area (Å²) in [5, 5.41) is 15.8. The highest BCUT2D eigenvalue weighted by Crippen LogP contribution is 2.23. The number of nitrogens with zero attached hydrogens (tertiary/aromatic N) is 5. The molecule has 30 heavy (non-hydrogen) atoms. The van der Waals surface area contributed by atoms with Crippen LogP contribution in [0.1, 0.15) is 26.2 Å². The van der Waals surface area contributed by atoms with E-state index in [2.05, 4.69) is 37.5 Å². The molecule has 8 heteroatoms. The highest BCUT2D eigenvalue weighted by molar-refractivity contribution is 5.59. The van der Waals surface area contributed by atoms with Crippen molar-refractivity contribution in [1.29, 1.82) is 0 Å². The summed E-state index contributed by atoms with van der Waals surface area (Å²) in [6.07, 6.45) is 3.76. The number of anilines is 1. The first kappa shape index (κ1) is 20.3. The molecule has 1 saturated heterocycles. The van der Waals surface area contributed by atoms with Crippen molar-refractivity contribution in [3.05, 3.63) is 36.4 Å². The molecule has 0 bridgehead atoms. The highest BCUT2D eigenvalue weighted by atomic mass is 16.5. The molecule has 0 aliphatic carbocycles. The van der Waals surface area contributed by atoms with Gasteiger partial charge in [-0.2, -0.15) is 4.98 Å². The predicted molar refractivity (Wildman–Crippen MR) is 115 cm³/mol. The molecule has 1 aliphatic heterocycles. The zero-order valence-corrected chi connectivity index (χ0v) is 17.5. The summed E-state index contributed by atoms with van der Waals surface area (Å²) in [7, 11) is 1.63. The van der Waals surface area contributed by atoms with Crippen LogP contribution in [0, 0.1) is 5.92 Å². The standard InChI is InChI=1S/C22H28N6O2/c1-16-5-3-13-28(15-16)14-4-12-23-20-11-10-19(25-26-20)22-24-21(27-30-22)17-6-8-18(29-2)9-7-17/h6-11,16H,3-5,12-15H2,1-2H3,(H,23,26)/t16-/m1/s1. The minimum absolute atomic E-state index is 0.346. The Balaban J connectivity index is 1.28. The molecule has 3 aromatic rings. The van der Waals surface area contributed by atoms with E-state index >= 15 is 0 Å². The molecule has 3 heterocycles. The fourth-order valence-corrected chi connectivity index (χ4v) is 3.73. The Morgan fingerprint density at radius 2 is 2.03 bits per heavy atom. The van der Waals surface area contributed by atoms with Crippen LogP contribution in [0.4, 0.5) is 5.82 Å². The van der Waals surface area contributed by atoms with Gasteiger partial charge in [0.1, 0.15) is 11.6 Å². The second kappa shape index (κ2) is 9.67. The molecule has 4 rings (SSSR count). The van der Waals surface area contributed by atoms with Crippen molar-refractivity contribution in [3.63, 3.8) is 0 Å². The second-order valence-electron chi connectivity index (χ2n) is 7.78. The van der Waals surface area contributed by atoms with Crippen molar-refractivity contribution >= 4 is 5.82 Å². The summed E-state index contributed by atoms with van der Waals surface area (Å²) < 4.78 is 10.5. The third kappa shape index (κ3) is 5.13. The summed E-state index contributed by atoms with van der Waals surface area (Å²) in [5.41, 5.74) is 1.40. The van der Waals surface area contributed by atoms with E-state index in [1.807, 2.05) is 36.4 Å². The largest absolute Gasteiger partial charge is 0.497 e. The summed E-state index contributed by atoms with van der Waals surface area (Å²) in [6, 6.07) is 11.2. The van der Waals surface area contributed by atoms with Crippen molar-refractivity contribution in [3.8, 4) is 28.7 Å². The summed E-state index contributed by atoms with van der Waals surface area (Å²) in [6.45, 7) is 6.78. The van der Waals surface area contributed by atoms with E-state index in [4.69, 9.17) is 9.26 Å². The van der Waals surface area contributed by atoms with Gasteiger partial charge in [0.05, 0.1) is 7.11 Å². The van der Waals surface area contributed by atoms with Gasteiger partial charge in [-0.3, -0.25) is 0 Å². The molecule has 0 saturated carbocycles. The lowest BCUT2D eigenvalue weighted by Gasteiger charge is -2.30. The van der Waals surface area contributed by atoms with Crippen molar-refractivity contribution in [1.82, 2.24) is 25.2 Å². The maximum absolute atomic E-state index is 5.36. The number of nitrogens with one attached hydrogen (secondary N) is 1. The molecule has 1 atom stereocenters. The van der Waals surface area contributed by atoms with Crippen LogP contribution in [0.15, 0.2) is 40.9 Å². The van der Waals surface area contributed by atoms with Crippen LogP contribution in [0.25, 0.3) is 23.0 Å². The SMILES string of the molecule is COc1ccc(-c2noc(-c3ccc(NCCCN4CCC[C@@H](C)C4)nn3)n2)cc1. The first-order chi connectivity index (χ1) is 14.7. The Bertz CT molecular complexity index is 926. The lowest BCUT2D eigenvalue weighted by atomic mass is 10.0. The summed E-state index contributed by atoms with van der Waals surface area (Å²) in [5.74, 6) is 3.20. The van der Waals surface area contributed by atoms with Gasteiger partial charge in [-0.15, -0.1) is 10.2 Å². The molecule has 8 nitrogen and oxygen atoms in total. The Morgan fingerprint density at radius 1 is 1.17 bits per heavy atom. The molecule has 1 fully saturated rings. The van der Waals surface area contributed by atoms with Crippen molar-refractivity contribution in [2.24, 2.45) is 5.92 Å². The normalized spacial score (nSPS) is 17.1. The minimum atomic E-state index is 0.346. The number of aromatic nitrogens is 4. The molecular weight excluding hydrogens is 380 g/mol. The van der Waals surface area contributed by atoms with E-state index in [9.17, 15) is 0 Å². The Morgan fingerprint density at radius 3 is 2.77 bits per heavy atom. The summed E-state index contributed by atoms with van der Waals surface area (Å²) >= 11 is 0. The number of likely N-dealkylation sites (tertiary alicyclic amines) is 1. The molecule has 2 aromatic heterocycles. The first-order valence-corrected chi connectivity index (χ1v) is 10.5. The van der Waals surface area contributed by atoms with Crippen LogP contribution in [0.3, 0.4) is 0 Å². The van der Waals surface area contributed by atoms with Crippen molar-refractivity contribution < 1.29 is 9.26 Å². The zero-order valence-electron chi connectivity index (χ0n) is 17.5. The molecule has 1 aromatic carbocycles. The average molecular weight is 409 g/mol. The smallest absolute Gasteiger partial charge is 0.278 e. The van der Waals surface area contributed by atoms with E-state index in [0.29, 0.717) is 17.4 Å². The number of rotatable bonds is 8. The summed E-state index contributed by atoms with van der Waals surface area (Å²) in [4.78, 5) is 6.98. The van der Waals surface area contributed by atoms with E-state index in [1.54, 1.807) is 7.11 Å².